The van der Waals surface area contributed by atoms with Crippen LogP contribution in [0.25, 0.3) is 0 Å². The van der Waals surface area contributed by atoms with Gasteiger partial charge in [0.2, 0.25) is 0 Å². The Balaban J connectivity index is 2.39. The van der Waals surface area contributed by atoms with Gasteiger partial charge in [-0.2, -0.15) is 0 Å². The average molecular weight is 332 g/mol. The standard InChI is InChI=1S/C18H22BrN/c1-4-13-6-7-15(10-14(13)5-2)18(20)16-8-12(3)9-17(19)11-16/h6-11,18H,4-5,20H2,1-3H3. The zero-order valence-electron chi connectivity index (χ0n) is 12.4. The van der Waals surface area contributed by atoms with E-state index < -0.39 is 0 Å². The van der Waals surface area contributed by atoms with E-state index >= 15 is 0 Å². The van der Waals surface area contributed by atoms with Crippen molar-refractivity contribution in [2.45, 2.75) is 39.7 Å². The Bertz CT molecular complexity index is 584. The molecule has 0 aliphatic rings. The largest absolute Gasteiger partial charge is 0.320 e. The number of benzene rings is 2. The van der Waals surface area contributed by atoms with Gasteiger partial charge in [-0.1, -0.05) is 54.0 Å². The van der Waals surface area contributed by atoms with Gasteiger partial charge in [0.25, 0.3) is 0 Å². The third kappa shape index (κ3) is 3.31. The Morgan fingerprint density at radius 1 is 0.950 bits per heavy atom. The highest BCUT2D eigenvalue weighted by Crippen LogP contribution is 2.26. The van der Waals surface area contributed by atoms with Gasteiger partial charge < -0.3 is 5.73 Å². The summed E-state index contributed by atoms with van der Waals surface area (Å²) in [7, 11) is 0. The first-order valence-corrected chi connectivity index (χ1v) is 7.98. The van der Waals surface area contributed by atoms with Gasteiger partial charge in [-0.25, -0.2) is 0 Å². The summed E-state index contributed by atoms with van der Waals surface area (Å²) >= 11 is 3.55. The maximum atomic E-state index is 6.45. The molecule has 2 heteroatoms. The molecule has 1 atom stereocenters. The van der Waals surface area contributed by atoms with Gasteiger partial charge in [-0.05, 0) is 59.7 Å². The highest BCUT2D eigenvalue weighted by atomic mass is 79.9. The Kier molecular flexibility index (Phi) is 5.00. The van der Waals surface area contributed by atoms with E-state index in [1.54, 1.807) is 0 Å². The summed E-state index contributed by atoms with van der Waals surface area (Å²) in [5, 5.41) is 0. The first-order valence-electron chi connectivity index (χ1n) is 7.19. The quantitative estimate of drug-likeness (QED) is 0.844. The van der Waals surface area contributed by atoms with Crippen molar-refractivity contribution in [2.75, 3.05) is 0 Å². The summed E-state index contributed by atoms with van der Waals surface area (Å²) in [6.45, 7) is 6.50. The van der Waals surface area contributed by atoms with Crippen molar-refractivity contribution in [3.8, 4) is 0 Å². The van der Waals surface area contributed by atoms with Crippen LogP contribution in [-0.4, -0.2) is 0 Å². The minimum Gasteiger partial charge on any atom is -0.320 e. The predicted octanol–water partition coefficient (Wildman–Crippen LogP) is 4.93. The molecule has 1 unspecified atom stereocenters. The van der Waals surface area contributed by atoms with Gasteiger partial charge in [0, 0.05) is 4.47 Å². The molecule has 0 bridgehead atoms. The van der Waals surface area contributed by atoms with Crippen LogP contribution in [0.5, 0.6) is 0 Å². The molecule has 106 valence electrons. The molecule has 2 aromatic rings. The smallest absolute Gasteiger partial charge is 0.0552 e. The van der Waals surface area contributed by atoms with Crippen molar-refractivity contribution >= 4 is 15.9 Å². The molecule has 0 saturated heterocycles. The van der Waals surface area contributed by atoms with Gasteiger partial charge in [0.15, 0.2) is 0 Å². The van der Waals surface area contributed by atoms with Crippen LogP contribution in [0, 0.1) is 6.92 Å². The lowest BCUT2D eigenvalue weighted by atomic mass is 9.93. The first-order chi connectivity index (χ1) is 9.55. The van der Waals surface area contributed by atoms with Crippen molar-refractivity contribution in [3.63, 3.8) is 0 Å². The molecule has 0 amide bonds. The van der Waals surface area contributed by atoms with Gasteiger partial charge >= 0.3 is 0 Å². The van der Waals surface area contributed by atoms with Crippen LogP contribution >= 0.6 is 15.9 Å². The number of hydrogen-bond acceptors (Lipinski definition) is 1. The van der Waals surface area contributed by atoms with Crippen LogP contribution in [0.15, 0.2) is 40.9 Å². The zero-order chi connectivity index (χ0) is 14.7. The fourth-order valence-corrected chi connectivity index (χ4v) is 3.28. The van der Waals surface area contributed by atoms with Crippen molar-refractivity contribution in [3.05, 3.63) is 68.7 Å². The summed E-state index contributed by atoms with van der Waals surface area (Å²) in [4.78, 5) is 0. The monoisotopic (exact) mass is 331 g/mol. The minimum atomic E-state index is -0.0672. The Labute approximate surface area is 130 Å². The van der Waals surface area contributed by atoms with Crippen LogP contribution in [0.1, 0.15) is 47.7 Å². The highest BCUT2D eigenvalue weighted by molar-refractivity contribution is 9.10. The number of nitrogens with two attached hydrogens (primary N) is 1. The van der Waals surface area contributed by atoms with E-state index in [1.165, 1.54) is 22.3 Å². The van der Waals surface area contributed by atoms with E-state index in [2.05, 4.69) is 73.1 Å². The van der Waals surface area contributed by atoms with Crippen LogP contribution in [0.2, 0.25) is 0 Å². The molecule has 0 radical (unpaired) electrons. The molecular formula is C18H22BrN. The SMILES string of the molecule is CCc1ccc(C(N)c2cc(C)cc(Br)c2)cc1CC. The second kappa shape index (κ2) is 6.55. The summed E-state index contributed by atoms with van der Waals surface area (Å²) in [6.07, 6.45) is 2.13. The van der Waals surface area contributed by atoms with Crippen LogP contribution in [0.3, 0.4) is 0 Å². The van der Waals surface area contributed by atoms with Crippen molar-refractivity contribution in [1.82, 2.24) is 0 Å². The summed E-state index contributed by atoms with van der Waals surface area (Å²) in [6, 6.07) is 13.0. The number of rotatable bonds is 4. The maximum absolute atomic E-state index is 6.45. The molecule has 2 N–H and O–H groups in total. The molecule has 2 aromatic carbocycles. The Morgan fingerprint density at radius 2 is 1.65 bits per heavy atom. The molecule has 0 saturated carbocycles. The molecule has 0 aliphatic heterocycles. The lowest BCUT2D eigenvalue weighted by Crippen LogP contribution is -2.13. The predicted molar refractivity (Wildman–Crippen MR) is 90.1 cm³/mol. The van der Waals surface area contributed by atoms with Crippen LogP contribution in [-0.2, 0) is 12.8 Å². The van der Waals surface area contributed by atoms with Crippen LogP contribution < -0.4 is 5.73 Å². The van der Waals surface area contributed by atoms with Gasteiger partial charge in [0.1, 0.15) is 0 Å². The van der Waals surface area contributed by atoms with Gasteiger partial charge in [-0.15, -0.1) is 0 Å². The van der Waals surface area contributed by atoms with Gasteiger partial charge in [-0.3, -0.25) is 0 Å². The molecule has 0 aliphatic carbocycles. The van der Waals surface area contributed by atoms with Crippen molar-refractivity contribution in [2.24, 2.45) is 5.73 Å². The molecule has 0 heterocycles. The molecule has 0 spiro atoms. The van der Waals surface area contributed by atoms with E-state index in [1.807, 2.05) is 0 Å². The second-order valence-corrected chi connectivity index (χ2v) is 6.19. The van der Waals surface area contributed by atoms with E-state index in [0.717, 1.165) is 22.9 Å². The minimum absolute atomic E-state index is 0.0672. The average Bonchev–Trinajstić information content (AvgIpc) is 2.44. The molecular weight excluding hydrogens is 310 g/mol. The first kappa shape index (κ1) is 15.3. The Hall–Kier alpha value is -1.12. The van der Waals surface area contributed by atoms with Crippen molar-refractivity contribution < 1.29 is 0 Å². The fourth-order valence-electron chi connectivity index (χ4n) is 2.65. The van der Waals surface area contributed by atoms with Gasteiger partial charge in [0.05, 0.1) is 6.04 Å². The normalized spacial score (nSPS) is 12.4. The second-order valence-electron chi connectivity index (χ2n) is 5.27. The third-order valence-corrected chi connectivity index (χ3v) is 4.23. The van der Waals surface area contributed by atoms with Crippen LogP contribution in [0.4, 0.5) is 0 Å². The summed E-state index contributed by atoms with van der Waals surface area (Å²) in [5.74, 6) is 0. The number of halogens is 1. The molecule has 2 rings (SSSR count). The van der Waals surface area contributed by atoms with E-state index in [4.69, 9.17) is 5.73 Å². The lowest BCUT2D eigenvalue weighted by Gasteiger charge is -2.16. The molecule has 0 fully saturated rings. The van der Waals surface area contributed by atoms with E-state index in [-0.39, 0.29) is 6.04 Å². The third-order valence-electron chi connectivity index (χ3n) is 3.77. The fraction of sp³-hybridized carbons (Fsp3) is 0.333. The van der Waals surface area contributed by atoms with E-state index in [9.17, 15) is 0 Å². The lowest BCUT2D eigenvalue weighted by molar-refractivity contribution is 0.861. The van der Waals surface area contributed by atoms with Crippen molar-refractivity contribution in [1.29, 1.82) is 0 Å². The zero-order valence-corrected chi connectivity index (χ0v) is 14.0. The number of hydrogen-bond donors (Lipinski definition) is 1. The van der Waals surface area contributed by atoms with E-state index in [0.29, 0.717) is 0 Å². The molecule has 20 heavy (non-hydrogen) atoms. The topological polar surface area (TPSA) is 26.0 Å². The summed E-state index contributed by atoms with van der Waals surface area (Å²) < 4.78 is 1.09. The molecule has 1 nitrogen and oxygen atoms in total. The maximum Gasteiger partial charge on any atom is 0.0552 e. The Morgan fingerprint density at radius 3 is 2.25 bits per heavy atom. The molecule has 0 aromatic heterocycles. The summed E-state index contributed by atoms with van der Waals surface area (Å²) in [5.41, 5.74) is 12.9. The highest BCUT2D eigenvalue weighted by Gasteiger charge is 2.11. The number of aryl methyl sites for hydroxylation is 3.